The molecule has 1 aliphatic rings. The van der Waals surface area contributed by atoms with Gasteiger partial charge in [-0.3, -0.25) is 0 Å². The van der Waals surface area contributed by atoms with Crippen molar-refractivity contribution in [3.8, 4) is 11.6 Å². The lowest BCUT2D eigenvalue weighted by Gasteiger charge is -2.15. The summed E-state index contributed by atoms with van der Waals surface area (Å²) in [5.74, 6) is 1.96. The number of rotatable bonds is 6. The number of aryl methyl sites for hydroxylation is 2. The summed E-state index contributed by atoms with van der Waals surface area (Å²) in [6, 6.07) is 0. The first-order valence-corrected chi connectivity index (χ1v) is 7.63. The van der Waals surface area contributed by atoms with E-state index in [1.54, 1.807) is 0 Å². The zero-order valence-corrected chi connectivity index (χ0v) is 12.2. The highest BCUT2D eigenvalue weighted by Crippen LogP contribution is 2.16. The molecule has 0 unspecified atom stereocenters. The van der Waals surface area contributed by atoms with Gasteiger partial charge in [0.25, 0.3) is 0 Å². The van der Waals surface area contributed by atoms with Gasteiger partial charge in [-0.15, -0.1) is 0 Å². The van der Waals surface area contributed by atoms with Gasteiger partial charge in [-0.2, -0.15) is 0 Å². The molecule has 2 aromatic heterocycles. The maximum atomic E-state index is 4.48. The van der Waals surface area contributed by atoms with Crippen molar-refractivity contribution < 1.29 is 0 Å². The molecule has 0 atom stereocenters. The van der Waals surface area contributed by atoms with E-state index in [2.05, 4.69) is 37.1 Å². The molecule has 108 valence electrons. The van der Waals surface area contributed by atoms with E-state index in [1.807, 2.05) is 18.6 Å². The van der Waals surface area contributed by atoms with Gasteiger partial charge in [-0.1, -0.05) is 0 Å². The van der Waals surface area contributed by atoms with E-state index in [0.29, 0.717) is 0 Å². The summed E-state index contributed by atoms with van der Waals surface area (Å²) < 4.78 is 4.36. The lowest BCUT2D eigenvalue weighted by atomic mass is 10.3. The minimum absolute atomic E-state index is 0.927. The van der Waals surface area contributed by atoms with Gasteiger partial charge >= 0.3 is 0 Å². The molecule has 1 fully saturated rings. The normalized spacial score (nSPS) is 16.1. The molecule has 0 saturated carbocycles. The summed E-state index contributed by atoms with van der Waals surface area (Å²) in [5, 5.41) is 0. The summed E-state index contributed by atoms with van der Waals surface area (Å²) in [7, 11) is 0. The van der Waals surface area contributed by atoms with Crippen molar-refractivity contribution in [3.63, 3.8) is 0 Å². The van der Waals surface area contributed by atoms with Crippen LogP contribution in [0, 0.1) is 0 Å². The lowest BCUT2D eigenvalue weighted by Crippen LogP contribution is -2.21. The monoisotopic (exact) mass is 273 g/mol. The second-order valence-corrected chi connectivity index (χ2v) is 5.38. The Balaban J connectivity index is 1.64. The molecule has 0 radical (unpaired) electrons. The van der Waals surface area contributed by atoms with Gasteiger partial charge in [-0.05, 0) is 45.8 Å². The largest absolute Gasteiger partial charge is 0.329 e. The van der Waals surface area contributed by atoms with E-state index in [-0.39, 0.29) is 0 Å². The van der Waals surface area contributed by atoms with E-state index in [9.17, 15) is 0 Å². The fourth-order valence-corrected chi connectivity index (χ4v) is 2.94. The number of hydrogen-bond acceptors (Lipinski definition) is 3. The molecule has 5 nitrogen and oxygen atoms in total. The Morgan fingerprint density at radius 1 is 0.950 bits per heavy atom. The van der Waals surface area contributed by atoms with E-state index in [4.69, 9.17) is 0 Å². The fraction of sp³-hybridized carbons (Fsp3) is 0.600. The first-order chi connectivity index (χ1) is 9.88. The molecule has 0 spiro atoms. The van der Waals surface area contributed by atoms with Gasteiger partial charge in [0.15, 0.2) is 11.6 Å². The topological polar surface area (TPSA) is 38.9 Å². The molecule has 0 aliphatic carbocycles. The highest BCUT2D eigenvalue weighted by molar-refractivity contribution is 5.44. The molecule has 1 aliphatic heterocycles. The SMILES string of the molecule is CCn1ccnc1-c1nccn1CCCN1CCCC1. The molecule has 0 bridgehead atoms. The Labute approximate surface area is 120 Å². The lowest BCUT2D eigenvalue weighted by molar-refractivity contribution is 0.325. The molecular formula is C15H23N5. The van der Waals surface area contributed by atoms with E-state index < -0.39 is 0 Å². The third kappa shape index (κ3) is 2.77. The highest BCUT2D eigenvalue weighted by atomic mass is 15.2. The van der Waals surface area contributed by atoms with Gasteiger partial charge < -0.3 is 14.0 Å². The third-order valence-corrected chi connectivity index (χ3v) is 4.04. The van der Waals surface area contributed by atoms with Crippen LogP contribution in [0.2, 0.25) is 0 Å². The van der Waals surface area contributed by atoms with Crippen LogP contribution in [0.3, 0.4) is 0 Å². The molecule has 5 heteroatoms. The number of nitrogens with zero attached hydrogens (tertiary/aromatic N) is 5. The van der Waals surface area contributed by atoms with Crippen LogP contribution in [0.25, 0.3) is 11.6 Å². The summed E-state index contributed by atoms with van der Waals surface area (Å²) >= 11 is 0. The number of aromatic nitrogens is 4. The van der Waals surface area contributed by atoms with Crippen molar-refractivity contribution in [1.29, 1.82) is 0 Å². The van der Waals surface area contributed by atoms with Crippen LogP contribution in [0.5, 0.6) is 0 Å². The highest BCUT2D eigenvalue weighted by Gasteiger charge is 2.13. The fourth-order valence-electron chi connectivity index (χ4n) is 2.94. The number of imidazole rings is 2. The van der Waals surface area contributed by atoms with E-state index in [0.717, 1.165) is 24.7 Å². The predicted molar refractivity (Wildman–Crippen MR) is 79.4 cm³/mol. The summed E-state index contributed by atoms with van der Waals surface area (Å²) in [5.41, 5.74) is 0. The summed E-state index contributed by atoms with van der Waals surface area (Å²) in [6.45, 7) is 7.82. The second kappa shape index (κ2) is 6.22. The molecule has 0 aromatic carbocycles. The minimum atomic E-state index is 0.927. The maximum absolute atomic E-state index is 4.48. The molecule has 1 saturated heterocycles. The van der Waals surface area contributed by atoms with E-state index in [1.165, 1.54) is 38.9 Å². The van der Waals surface area contributed by atoms with Gasteiger partial charge in [-0.25, -0.2) is 9.97 Å². The van der Waals surface area contributed by atoms with Crippen LogP contribution in [-0.2, 0) is 13.1 Å². The van der Waals surface area contributed by atoms with Gasteiger partial charge in [0.1, 0.15) is 0 Å². The number of hydrogen-bond donors (Lipinski definition) is 0. The minimum Gasteiger partial charge on any atom is -0.329 e. The van der Waals surface area contributed by atoms with Crippen LogP contribution < -0.4 is 0 Å². The summed E-state index contributed by atoms with van der Waals surface area (Å²) in [4.78, 5) is 11.5. The Hall–Kier alpha value is -1.62. The summed E-state index contributed by atoms with van der Waals surface area (Å²) in [6.07, 6.45) is 11.7. The Morgan fingerprint density at radius 3 is 2.30 bits per heavy atom. The molecule has 3 rings (SSSR count). The first kappa shape index (κ1) is 13.4. The van der Waals surface area contributed by atoms with Gasteiger partial charge in [0.05, 0.1) is 0 Å². The van der Waals surface area contributed by atoms with Crippen LogP contribution in [0.4, 0.5) is 0 Å². The maximum Gasteiger partial charge on any atom is 0.176 e. The van der Waals surface area contributed by atoms with Crippen molar-refractivity contribution in [2.75, 3.05) is 19.6 Å². The molecular weight excluding hydrogens is 250 g/mol. The van der Waals surface area contributed by atoms with Crippen molar-refractivity contribution >= 4 is 0 Å². The Kier molecular flexibility index (Phi) is 4.16. The van der Waals surface area contributed by atoms with Crippen LogP contribution in [0.15, 0.2) is 24.8 Å². The average Bonchev–Trinajstić information content (AvgIpc) is 3.19. The molecule has 0 N–H and O–H groups in total. The second-order valence-electron chi connectivity index (χ2n) is 5.38. The van der Waals surface area contributed by atoms with Crippen LogP contribution >= 0.6 is 0 Å². The van der Waals surface area contributed by atoms with Crippen molar-refractivity contribution in [2.45, 2.75) is 39.3 Å². The quantitative estimate of drug-likeness (QED) is 0.810. The van der Waals surface area contributed by atoms with Crippen LogP contribution in [0.1, 0.15) is 26.2 Å². The van der Waals surface area contributed by atoms with Crippen molar-refractivity contribution in [3.05, 3.63) is 24.8 Å². The molecule has 2 aromatic rings. The predicted octanol–water partition coefficient (Wildman–Crippen LogP) is 2.25. The van der Waals surface area contributed by atoms with E-state index >= 15 is 0 Å². The van der Waals surface area contributed by atoms with Crippen LogP contribution in [-0.4, -0.2) is 43.6 Å². The standard InChI is InChI=1S/C15H23N5/c1-2-19-12-6-16-14(19)15-17-7-13-20(15)11-5-10-18-8-3-4-9-18/h6-7,12-13H,2-5,8-11H2,1H3. The Morgan fingerprint density at radius 2 is 1.60 bits per heavy atom. The third-order valence-electron chi connectivity index (χ3n) is 4.04. The average molecular weight is 273 g/mol. The first-order valence-electron chi connectivity index (χ1n) is 7.63. The van der Waals surface area contributed by atoms with Gasteiger partial charge in [0.2, 0.25) is 0 Å². The van der Waals surface area contributed by atoms with Crippen molar-refractivity contribution in [1.82, 2.24) is 24.0 Å². The zero-order chi connectivity index (χ0) is 13.8. The van der Waals surface area contributed by atoms with Crippen molar-refractivity contribution in [2.24, 2.45) is 0 Å². The Bertz CT molecular complexity index is 536. The number of likely N-dealkylation sites (tertiary alicyclic amines) is 1. The molecule has 3 heterocycles. The van der Waals surface area contributed by atoms with Gasteiger partial charge in [0, 0.05) is 37.9 Å². The smallest absolute Gasteiger partial charge is 0.176 e. The molecule has 20 heavy (non-hydrogen) atoms. The zero-order valence-electron chi connectivity index (χ0n) is 12.2. The molecule has 0 amide bonds.